The molecule has 0 amide bonds. The Hall–Kier alpha value is 0.780. The molecule has 2 radical (unpaired) electrons. The second kappa shape index (κ2) is 46.9. The Balaban J connectivity index is -0.000000767. The summed E-state index contributed by atoms with van der Waals surface area (Å²) in [7, 11) is -4.80. The summed E-state index contributed by atoms with van der Waals surface area (Å²) in [5.74, 6) is 0. The number of unbranched alkanes of at least 4 members (excludes halogenated alkanes) is 24. The third kappa shape index (κ3) is 54.5. The van der Waals surface area contributed by atoms with E-state index in [0.717, 1.165) is 25.7 Å². The first-order valence-corrected chi connectivity index (χ1v) is 20.7. The first kappa shape index (κ1) is 50.2. The molecule has 0 aromatic rings. The maximum Gasteiger partial charge on any atom is 0.694 e. The summed E-state index contributed by atoms with van der Waals surface area (Å²) in [5, 5.41) is 0. The summed E-state index contributed by atoms with van der Waals surface area (Å²) < 4.78 is 29.8. The van der Waals surface area contributed by atoms with Gasteiger partial charge in [0.1, 0.15) is 13.2 Å². The van der Waals surface area contributed by atoms with Crippen molar-refractivity contribution in [1.82, 2.24) is 0 Å². The van der Waals surface area contributed by atoms with Crippen LogP contribution in [-0.4, -0.2) is 60.7 Å². The van der Waals surface area contributed by atoms with Crippen molar-refractivity contribution in [2.75, 3.05) is 13.2 Å². The molecule has 6 nitrogen and oxygen atoms in total. The van der Waals surface area contributed by atoms with E-state index in [9.17, 15) is 9.13 Å². The van der Waals surface area contributed by atoms with Gasteiger partial charge in [0.15, 0.2) is 0 Å². The van der Waals surface area contributed by atoms with E-state index in [0.29, 0.717) is 13.2 Å². The Morgan fingerprint density at radius 3 is 0.867 bits per heavy atom. The molecule has 0 aromatic carbocycles. The van der Waals surface area contributed by atoms with Crippen molar-refractivity contribution in [3.63, 3.8) is 0 Å². The number of rotatable bonds is 34. The summed E-state index contributed by atoms with van der Waals surface area (Å²) in [6, 6.07) is 0. The van der Waals surface area contributed by atoms with Crippen LogP contribution in [0.4, 0.5) is 0 Å². The van der Waals surface area contributed by atoms with Crippen molar-refractivity contribution in [1.29, 1.82) is 0 Å². The molecule has 0 saturated heterocycles. The molecular formula is C36H72CaO6P2+2. The van der Waals surface area contributed by atoms with Crippen LogP contribution in [0.3, 0.4) is 0 Å². The normalized spacial score (nSPS) is 11.9. The predicted octanol–water partition coefficient (Wildman–Crippen LogP) is 13.0. The van der Waals surface area contributed by atoms with Crippen LogP contribution in [0.1, 0.15) is 194 Å². The van der Waals surface area contributed by atoms with Crippen molar-refractivity contribution in [3.8, 4) is 0 Å². The molecule has 0 aliphatic carbocycles. The molecule has 0 aliphatic heterocycles. The Bertz CT molecular complexity index is 595. The second-order valence-corrected chi connectivity index (χ2v) is 13.5. The molecule has 0 rings (SSSR count). The summed E-state index contributed by atoms with van der Waals surface area (Å²) in [5.41, 5.74) is 0. The van der Waals surface area contributed by atoms with E-state index in [1.165, 1.54) is 154 Å². The fourth-order valence-corrected chi connectivity index (χ4v) is 5.56. The number of hydrogen-bond acceptors (Lipinski definition) is 4. The van der Waals surface area contributed by atoms with Crippen LogP contribution < -0.4 is 0 Å². The van der Waals surface area contributed by atoms with Gasteiger partial charge in [-0.2, -0.15) is 0 Å². The van der Waals surface area contributed by atoms with Gasteiger partial charge in [-0.15, -0.1) is 18.8 Å². The summed E-state index contributed by atoms with van der Waals surface area (Å²) >= 11 is 0. The van der Waals surface area contributed by atoms with Gasteiger partial charge < -0.3 is 0 Å². The van der Waals surface area contributed by atoms with Gasteiger partial charge in [-0.05, 0) is 64.2 Å². The molecule has 0 saturated carbocycles. The third-order valence-corrected chi connectivity index (χ3v) is 8.52. The van der Waals surface area contributed by atoms with Crippen LogP contribution in [0.2, 0.25) is 0 Å². The molecule has 0 bridgehead atoms. The molecular weight excluding hydrogens is 630 g/mol. The van der Waals surface area contributed by atoms with E-state index in [1.54, 1.807) is 0 Å². The van der Waals surface area contributed by atoms with Crippen LogP contribution >= 0.6 is 16.5 Å². The number of allylic oxidation sites excluding steroid dienone is 4. The summed E-state index contributed by atoms with van der Waals surface area (Å²) in [4.78, 5) is 16.9. The Morgan fingerprint density at radius 2 is 0.622 bits per heavy atom. The molecule has 9 heteroatoms. The van der Waals surface area contributed by atoms with Gasteiger partial charge in [-0.25, -0.2) is 0 Å². The standard InChI is InChI=1S/2C18H35O3P.Ca/c2*1-2-3-4-5-6-7-8-9-10-11-12-13-14-15-16-17-18-21-22(19)20;/h2*9-10H,2-8,11-18H2,1H3;/p+2/b2*10-9-;. The fourth-order valence-electron chi connectivity index (χ4n) is 4.98. The predicted molar refractivity (Wildman–Crippen MR) is 196 cm³/mol. The van der Waals surface area contributed by atoms with Gasteiger partial charge in [0.25, 0.3) is 0 Å². The molecule has 262 valence electrons. The SMILES string of the molecule is CCCCCCCC/C=C\CCCCCCCCO[P+](=O)O.CCCCCCCC/C=C\CCCCCCCCO[P+](=O)O.[Ca]. The minimum atomic E-state index is -2.40. The van der Waals surface area contributed by atoms with Gasteiger partial charge in [0, 0.05) is 46.9 Å². The van der Waals surface area contributed by atoms with Gasteiger partial charge in [-0.3, -0.25) is 0 Å². The zero-order valence-electron chi connectivity index (χ0n) is 29.7. The summed E-state index contributed by atoms with van der Waals surface area (Å²) in [6.45, 7) is 5.34. The zero-order chi connectivity index (χ0) is 32.6. The third-order valence-electron chi connectivity index (χ3n) is 7.72. The molecule has 0 aliphatic rings. The molecule has 0 aromatic heterocycles. The molecule has 0 heterocycles. The largest absolute Gasteiger partial charge is 0.694 e. The van der Waals surface area contributed by atoms with E-state index in [2.05, 4.69) is 47.2 Å². The van der Waals surface area contributed by atoms with E-state index >= 15 is 0 Å². The summed E-state index contributed by atoms with van der Waals surface area (Å²) in [6.07, 6.45) is 44.9. The minimum Gasteiger partial charge on any atom is -0.133 e. The van der Waals surface area contributed by atoms with Gasteiger partial charge in [0.05, 0.1) is 0 Å². The molecule has 0 fully saturated rings. The van der Waals surface area contributed by atoms with Crippen LogP contribution in [-0.2, 0) is 18.2 Å². The Kier molecular flexibility index (Phi) is 52.3. The molecule has 0 spiro atoms. The quantitative estimate of drug-likeness (QED) is 0.0300. The zero-order valence-corrected chi connectivity index (χ0v) is 33.6. The van der Waals surface area contributed by atoms with Crippen LogP contribution in [0.15, 0.2) is 24.3 Å². The monoisotopic (exact) mass is 702 g/mol. The molecule has 2 atom stereocenters. The van der Waals surface area contributed by atoms with Crippen molar-refractivity contribution >= 4 is 54.2 Å². The molecule has 45 heavy (non-hydrogen) atoms. The Labute approximate surface area is 311 Å². The fraction of sp³-hybridized carbons (Fsp3) is 0.889. The first-order valence-electron chi connectivity index (χ1n) is 18.4. The van der Waals surface area contributed by atoms with Crippen LogP contribution in [0, 0.1) is 0 Å². The van der Waals surface area contributed by atoms with E-state index in [1.807, 2.05) is 0 Å². The van der Waals surface area contributed by atoms with Crippen molar-refractivity contribution in [2.24, 2.45) is 0 Å². The van der Waals surface area contributed by atoms with Crippen LogP contribution in [0.5, 0.6) is 0 Å². The Morgan fingerprint density at radius 1 is 0.400 bits per heavy atom. The average molecular weight is 703 g/mol. The van der Waals surface area contributed by atoms with Crippen molar-refractivity contribution in [2.45, 2.75) is 194 Å². The molecule has 2 N–H and O–H groups in total. The van der Waals surface area contributed by atoms with Crippen molar-refractivity contribution < 1.29 is 28.0 Å². The minimum absolute atomic E-state index is 0. The van der Waals surface area contributed by atoms with Gasteiger partial charge >= 0.3 is 16.5 Å². The topological polar surface area (TPSA) is 93.1 Å². The van der Waals surface area contributed by atoms with E-state index < -0.39 is 16.5 Å². The van der Waals surface area contributed by atoms with Gasteiger partial charge in [-0.1, -0.05) is 154 Å². The van der Waals surface area contributed by atoms with Crippen LogP contribution in [0.25, 0.3) is 0 Å². The van der Waals surface area contributed by atoms with Crippen molar-refractivity contribution in [3.05, 3.63) is 24.3 Å². The average Bonchev–Trinajstić information content (AvgIpc) is 3.00. The van der Waals surface area contributed by atoms with Gasteiger partial charge in [0.2, 0.25) is 0 Å². The maximum absolute atomic E-state index is 10.3. The van der Waals surface area contributed by atoms with E-state index in [4.69, 9.17) is 9.79 Å². The number of hydrogen-bond donors (Lipinski definition) is 2. The molecule has 2 unspecified atom stereocenters. The second-order valence-electron chi connectivity index (χ2n) is 12.0. The first-order chi connectivity index (χ1) is 21.5. The maximum atomic E-state index is 10.3. The smallest absolute Gasteiger partial charge is 0.133 e. The van der Waals surface area contributed by atoms with E-state index in [-0.39, 0.29) is 37.7 Å².